The van der Waals surface area contributed by atoms with Gasteiger partial charge in [0.15, 0.2) is 0 Å². The van der Waals surface area contributed by atoms with E-state index in [1.165, 1.54) is 12.1 Å². The van der Waals surface area contributed by atoms with Crippen molar-refractivity contribution in [2.24, 2.45) is 5.92 Å². The van der Waals surface area contributed by atoms with Gasteiger partial charge in [0, 0.05) is 12.2 Å². The molecule has 3 N–H and O–H groups in total. The van der Waals surface area contributed by atoms with Gasteiger partial charge in [0.1, 0.15) is 5.82 Å². The fourth-order valence-corrected chi connectivity index (χ4v) is 2.62. The molecule has 1 aromatic rings. The highest BCUT2D eigenvalue weighted by Gasteiger charge is 2.22. The minimum atomic E-state index is -0.820. The first kappa shape index (κ1) is 16.4. The number of halogens is 1. The number of aliphatic hydroxyl groups excluding tert-OH is 1. The van der Waals surface area contributed by atoms with Crippen LogP contribution in [0.1, 0.15) is 31.2 Å². The zero-order chi connectivity index (χ0) is 16.1. The number of aliphatic hydroxyl groups is 1. The van der Waals surface area contributed by atoms with Crippen LogP contribution in [0.4, 0.5) is 10.1 Å². The van der Waals surface area contributed by atoms with Crippen molar-refractivity contribution in [3.05, 3.63) is 29.6 Å². The summed E-state index contributed by atoms with van der Waals surface area (Å²) in [6, 6.07) is 4.26. The number of carbonyl (C=O) groups excluding carboxylic acids is 2. The van der Waals surface area contributed by atoms with Gasteiger partial charge in [0.05, 0.1) is 6.10 Å². The molecule has 1 saturated carbocycles. The molecular weight excluding hydrogens is 287 g/mol. The molecule has 5 nitrogen and oxygen atoms in total. The van der Waals surface area contributed by atoms with E-state index in [0.717, 1.165) is 19.3 Å². The summed E-state index contributed by atoms with van der Waals surface area (Å²) in [5, 5.41) is 14.5. The van der Waals surface area contributed by atoms with Gasteiger partial charge in [-0.25, -0.2) is 4.39 Å². The number of carbonyl (C=O) groups is 2. The van der Waals surface area contributed by atoms with Crippen molar-refractivity contribution >= 4 is 17.5 Å². The Morgan fingerprint density at radius 2 is 2.09 bits per heavy atom. The third kappa shape index (κ3) is 4.53. The molecule has 0 bridgehead atoms. The quantitative estimate of drug-likeness (QED) is 0.744. The highest BCUT2D eigenvalue weighted by atomic mass is 19.1. The van der Waals surface area contributed by atoms with Crippen LogP contribution in [0, 0.1) is 18.7 Å². The van der Waals surface area contributed by atoms with Crippen molar-refractivity contribution in [2.45, 2.75) is 38.7 Å². The molecule has 2 rings (SSSR count). The van der Waals surface area contributed by atoms with Crippen LogP contribution in [0.3, 0.4) is 0 Å². The van der Waals surface area contributed by atoms with Gasteiger partial charge in [-0.3, -0.25) is 9.59 Å². The third-order valence-corrected chi connectivity index (χ3v) is 3.94. The zero-order valence-electron chi connectivity index (χ0n) is 12.6. The average molecular weight is 308 g/mol. The number of rotatable bonds is 3. The van der Waals surface area contributed by atoms with E-state index in [4.69, 9.17) is 0 Å². The van der Waals surface area contributed by atoms with Gasteiger partial charge >= 0.3 is 11.8 Å². The van der Waals surface area contributed by atoms with Crippen molar-refractivity contribution in [2.75, 3.05) is 11.9 Å². The molecule has 0 heterocycles. The maximum Gasteiger partial charge on any atom is 0.313 e. The Morgan fingerprint density at radius 1 is 1.32 bits per heavy atom. The van der Waals surface area contributed by atoms with E-state index < -0.39 is 17.6 Å². The lowest BCUT2D eigenvalue weighted by molar-refractivity contribution is -0.136. The van der Waals surface area contributed by atoms with Crippen LogP contribution in [0.15, 0.2) is 18.2 Å². The summed E-state index contributed by atoms with van der Waals surface area (Å²) in [5.41, 5.74) is 0.717. The van der Waals surface area contributed by atoms with E-state index in [1.807, 2.05) is 0 Å². The molecule has 0 saturated heterocycles. The minimum Gasteiger partial charge on any atom is -0.393 e. The molecule has 1 aromatic carbocycles. The van der Waals surface area contributed by atoms with Crippen LogP contribution >= 0.6 is 0 Å². The number of hydrogen-bond acceptors (Lipinski definition) is 3. The van der Waals surface area contributed by atoms with Crippen LogP contribution < -0.4 is 10.6 Å². The first-order chi connectivity index (χ1) is 10.5. The largest absolute Gasteiger partial charge is 0.393 e. The van der Waals surface area contributed by atoms with Gasteiger partial charge in [0.2, 0.25) is 0 Å². The van der Waals surface area contributed by atoms with Crippen LogP contribution in [-0.2, 0) is 9.59 Å². The summed E-state index contributed by atoms with van der Waals surface area (Å²) in [5.74, 6) is -1.81. The third-order valence-electron chi connectivity index (χ3n) is 3.94. The molecule has 2 atom stereocenters. The van der Waals surface area contributed by atoms with Gasteiger partial charge in [-0.2, -0.15) is 0 Å². The lowest BCUT2D eigenvalue weighted by atomic mass is 9.87. The number of benzene rings is 1. The van der Waals surface area contributed by atoms with Gasteiger partial charge in [-0.1, -0.05) is 12.5 Å². The Hall–Kier alpha value is -1.95. The monoisotopic (exact) mass is 308 g/mol. The Kier molecular flexibility index (Phi) is 5.49. The summed E-state index contributed by atoms with van der Waals surface area (Å²) >= 11 is 0. The van der Waals surface area contributed by atoms with Gasteiger partial charge in [-0.15, -0.1) is 0 Å². The summed E-state index contributed by atoms with van der Waals surface area (Å²) < 4.78 is 13.4. The smallest absolute Gasteiger partial charge is 0.313 e. The lowest BCUT2D eigenvalue weighted by Gasteiger charge is -2.25. The predicted molar refractivity (Wildman–Crippen MR) is 80.7 cm³/mol. The minimum absolute atomic E-state index is 0.192. The number of aryl methyl sites for hydroxylation is 1. The molecule has 0 spiro atoms. The molecule has 0 radical (unpaired) electrons. The molecule has 1 fully saturated rings. The second-order valence-corrected chi connectivity index (χ2v) is 5.81. The Morgan fingerprint density at radius 3 is 2.77 bits per heavy atom. The molecule has 22 heavy (non-hydrogen) atoms. The molecule has 0 aliphatic heterocycles. The molecule has 2 amide bonds. The molecule has 1 aliphatic carbocycles. The van der Waals surface area contributed by atoms with Crippen molar-refractivity contribution in [3.63, 3.8) is 0 Å². The number of anilines is 1. The van der Waals surface area contributed by atoms with E-state index in [2.05, 4.69) is 10.6 Å². The number of hydrogen-bond donors (Lipinski definition) is 3. The summed E-state index contributed by atoms with van der Waals surface area (Å²) in [7, 11) is 0. The van der Waals surface area contributed by atoms with Crippen molar-refractivity contribution in [1.82, 2.24) is 5.32 Å². The van der Waals surface area contributed by atoms with E-state index in [0.29, 0.717) is 18.5 Å². The molecule has 6 heteroatoms. The van der Waals surface area contributed by atoms with Gasteiger partial charge in [0.25, 0.3) is 0 Å². The van der Waals surface area contributed by atoms with Crippen LogP contribution in [0.2, 0.25) is 0 Å². The van der Waals surface area contributed by atoms with E-state index in [1.54, 1.807) is 13.0 Å². The average Bonchev–Trinajstić information content (AvgIpc) is 2.48. The number of amides is 2. The SMILES string of the molecule is Cc1ccc(NC(=O)C(=O)NCC2CCCC(O)C2)cc1F. The van der Waals surface area contributed by atoms with Crippen molar-refractivity contribution in [1.29, 1.82) is 0 Å². The Bertz CT molecular complexity index is 562. The summed E-state index contributed by atoms with van der Waals surface area (Å²) in [6.07, 6.45) is 2.98. The van der Waals surface area contributed by atoms with Crippen molar-refractivity contribution in [3.8, 4) is 0 Å². The van der Waals surface area contributed by atoms with E-state index in [9.17, 15) is 19.1 Å². The first-order valence-electron chi connectivity index (χ1n) is 7.49. The van der Waals surface area contributed by atoms with Gasteiger partial charge in [-0.05, 0) is 49.8 Å². The lowest BCUT2D eigenvalue weighted by Crippen LogP contribution is -2.39. The highest BCUT2D eigenvalue weighted by molar-refractivity contribution is 6.39. The standard InChI is InChI=1S/C16H21FN2O3/c1-10-5-6-12(8-14(10)17)19-16(22)15(21)18-9-11-3-2-4-13(20)7-11/h5-6,8,11,13,20H,2-4,7,9H2,1H3,(H,18,21)(H,19,22). The zero-order valence-corrected chi connectivity index (χ0v) is 12.6. The van der Waals surface area contributed by atoms with Crippen LogP contribution in [0.5, 0.6) is 0 Å². The Labute approximate surface area is 128 Å². The van der Waals surface area contributed by atoms with Crippen LogP contribution in [-0.4, -0.2) is 29.6 Å². The summed E-state index contributed by atoms with van der Waals surface area (Å²) in [6.45, 7) is 1.98. The summed E-state index contributed by atoms with van der Waals surface area (Å²) in [4.78, 5) is 23.5. The maximum atomic E-state index is 13.4. The van der Waals surface area contributed by atoms with E-state index >= 15 is 0 Å². The Balaban J connectivity index is 1.81. The first-order valence-corrected chi connectivity index (χ1v) is 7.49. The van der Waals surface area contributed by atoms with E-state index in [-0.39, 0.29) is 17.7 Å². The second-order valence-electron chi connectivity index (χ2n) is 5.81. The molecular formula is C16H21FN2O3. The molecule has 0 aromatic heterocycles. The maximum absolute atomic E-state index is 13.4. The van der Waals surface area contributed by atoms with Crippen LogP contribution in [0.25, 0.3) is 0 Å². The molecule has 2 unspecified atom stereocenters. The highest BCUT2D eigenvalue weighted by Crippen LogP contribution is 2.23. The van der Waals surface area contributed by atoms with Crippen molar-refractivity contribution < 1.29 is 19.1 Å². The second kappa shape index (κ2) is 7.35. The molecule has 120 valence electrons. The fraction of sp³-hybridized carbons (Fsp3) is 0.500. The normalized spacial score (nSPS) is 21.2. The van der Waals surface area contributed by atoms with Gasteiger partial charge < -0.3 is 15.7 Å². The number of nitrogens with one attached hydrogen (secondary N) is 2. The predicted octanol–water partition coefficient (Wildman–Crippen LogP) is 1.74. The molecule has 1 aliphatic rings. The topological polar surface area (TPSA) is 78.4 Å². The fourth-order valence-electron chi connectivity index (χ4n) is 2.62.